The molecule has 2 heterocycles. The summed E-state index contributed by atoms with van der Waals surface area (Å²) in [5, 5.41) is 27.5. The Bertz CT molecular complexity index is 2770. The highest BCUT2D eigenvalue weighted by molar-refractivity contribution is 7.93. The molecule has 2 aliphatic carbocycles. The number of likely N-dealkylation sites (tertiary alicyclic amines) is 2. The third-order valence-electron chi connectivity index (χ3n) is 16.1. The Hall–Kier alpha value is -4.86. The van der Waals surface area contributed by atoms with E-state index in [4.69, 9.17) is 0 Å². The lowest BCUT2D eigenvalue weighted by atomic mass is 9.86. The number of benzene rings is 4. The van der Waals surface area contributed by atoms with E-state index in [1.54, 1.807) is 0 Å². The van der Waals surface area contributed by atoms with Crippen molar-refractivity contribution in [3.8, 4) is 0 Å². The molecule has 4 aromatic carbocycles. The summed E-state index contributed by atoms with van der Waals surface area (Å²) >= 11 is 0. The summed E-state index contributed by atoms with van der Waals surface area (Å²) in [4.78, 5) is 29.7. The van der Waals surface area contributed by atoms with Crippen LogP contribution in [0.15, 0.2) is 94.7 Å². The molecule has 4 atom stereocenters. The number of piperidine rings is 2. The Labute approximate surface area is 455 Å². The van der Waals surface area contributed by atoms with Gasteiger partial charge in [-0.1, -0.05) is 61.4 Å². The van der Waals surface area contributed by atoms with Gasteiger partial charge in [0.1, 0.15) is 0 Å². The van der Waals surface area contributed by atoms with Crippen molar-refractivity contribution in [2.24, 2.45) is 0 Å². The summed E-state index contributed by atoms with van der Waals surface area (Å²) in [6, 6.07) is 19.1. The van der Waals surface area contributed by atoms with E-state index in [0.29, 0.717) is 12.1 Å². The number of carbonyl (C=O) groups is 2. The predicted molar refractivity (Wildman–Crippen MR) is 285 cm³/mol. The summed E-state index contributed by atoms with van der Waals surface area (Å²) in [5.74, 6) is -1.02. The van der Waals surface area contributed by atoms with Gasteiger partial charge < -0.3 is 20.8 Å². The van der Waals surface area contributed by atoms with Crippen molar-refractivity contribution in [3.63, 3.8) is 0 Å². The van der Waals surface area contributed by atoms with Gasteiger partial charge in [-0.3, -0.25) is 19.4 Å². The molecular weight excluding hydrogens is 1060 g/mol. The van der Waals surface area contributed by atoms with Crippen molar-refractivity contribution in [2.45, 2.75) is 187 Å². The molecule has 4 aromatic rings. The molecule has 0 unspecified atom stereocenters. The SMILES string of the molecule is CC(C)([C@@H](O)CC(=O)N[C@@H]1CCCc2cc(CN3CCCCC3)ccc21)S(=O)(=O)c1cccc(C(F)(F)F)c1.CC(C)([C@H](O)CC(=O)N[C@@H]1CCCc2cc(CN3CCCCC3)ccc21)S(=O)(=O)c1cccc(C(F)(F)F)c1. The van der Waals surface area contributed by atoms with Crippen molar-refractivity contribution < 1.29 is 63.0 Å². The van der Waals surface area contributed by atoms with Crippen LogP contribution in [0.3, 0.4) is 0 Å². The third kappa shape index (κ3) is 14.5. The minimum Gasteiger partial charge on any atom is -0.391 e. The maximum atomic E-state index is 13.2. The molecule has 4 aliphatic rings. The zero-order valence-electron chi connectivity index (χ0n) is 44.9. The largest absolute Gasteiger partial charge is 0.416 e. The van der Waals surface area contributed by atoms with E-state index in [9.17, 15) is 63.0 Å². The van der Waals surface area contributed by atoms with E-state index in [0.717, 1.165) is 125 Å². The van der Waals surface area contributed by atoms with Crippen molar-refractivity contribution in [2.75, 3.05) is 26.2 Å². The van der Waals surface area contributed by atoms with Gasteiger partial charge in [-0.2, -0.15) is 26.3 Å². The number of fused-ring (bicyclic) bond motifs is 2. The van der Waals surface area contributed by atoms with E-state index in [1.807, 2.05) is 0 Å². The van der Waals surface area contributed by atoms with Crippen molar-refractivity contribution in [1.82, 2.24) is 20.4 Å². The summed E-state index contributed by atoms with van der Waals surface area (Å²) < 4.78 is 128. The number of carbonyl (C=O) groups excluding carboxylic acids is 2. The molecule has 20 heteroatoms. The zero-order valence-corrected chi connectivity index (χ0v) is 46.5. The first-order chi connectivity index (χ1) is 36.6. The van der Waals surface area contributed by atoms with Crippen molar-refractivity contribution in [1.29, 1.82) is 0 Å². The van der Waals surface area contributed by atoms with Crippen LogP contribution in [0.4, 0.5) is 26.3 Å². The lowest BCUT2D eigenvalue weighted by Gasteiger charge is -2.32. The van der Waals surface area contributed by atoms with Crippen LogP contribution in [0.5, 0.6) is 0 Å². The number of alkyl halides is 6. The predicted octanol–water partition coefficient (Wildman–Crippen LogP) is 10.4. The molecule has 2 fully saturated rings. The standard InChI is InChI=1S/2C29H37F3N2O4S/c2*1-28(2,39(37,38)23-10-7-9-22(17-23)29(30,31)32)26(35)18-27(36)33-25-11-6-8-21-16-20(12-13-24(21)25)19-34-14-4-3-5-15-34/h2*7,9-10,12-13,16-17,25-26,35H,3-6,8,11,14-15,18-19H2,1-2H3,(H,33,36)/t25-,26+;25-,26-/m11/s1. The van der Waals surface area contributed by atoms with Crippen molar-refractivity contribution in [3.05, 3.63) is 129 Å². The first-order valence-corrected chi connectivity index (χ1v) is 30.0. The van der Waals surface area contributed by atoms with Gasteiger partial charge in [0.25, 0.3) is 0 Å². The van der Waals surface area contributed by atoms with E-state index < -0.39 is 99.3 Å². The number of nitrogens with one attached hydrogen (secondary N) is 2. The number of nitrogens with zero attached hydrogens (tertiary/aromatic N) is 2. The van der Waals surface area contributed by atoms with Crippen molar-refractivity contribution >= 4 is 31.5 Å². The number of hydrogen-bond donors (Lipinski definition) is 4. The fourth-order valence-electron chi connectivity index (χ4n) is 11.0. The molecule has 428 valence electrons. The average molecular weight is 1130 g/mol. The summed E-state index contributed by atoms with van der Waals surface area (Å²) in [6.07, 6.45) is -1.13. The molecule has 0 bridgehead atoms. The third-order valence-corrected chi connectivity index (χ3v) is 21.2. The minimum atomic E-state index is -4.71. The quantitative estimate of drug-likeness (QED) is 0.0791. The van der Waals surface area contributed by atoms with E-state index in [-0.39, 0.29) is 12.1 Å². The second-order valence-electron chi connectivity index (χ2n) is 22.5. The van der Waals surface area contributed by atoms with Crippen LogP contribution < -0.4 is 10.6 Å². The lowest BCUT2D eigenvalue weighted by Crippen LogP contribution is -2.46. The molecular formula is C58H74F6N4O8S2. The summed E-state index contributed by atoms with van der Waals surface area (Å²) in [7, 11) is -8.80. The van der Waals surface area contributed by atoms with Gasteiger partial charge in [0.15, 0.2) is 19.7 Å². The normalized spacial score (nSPS) is 19.8. The lowest BCUT2D eigenvalue weighted by molar-refractivity contribution is -0.138. The molecule has 78 heavy (non-hydrogen) atoms. The summed E-state index contributed by atoms with van der Waals surface area (Å²) in [6.45, 7) is 11.1. The number of aliphatic hydroxyl groups is 2. The highest BCUT2D eigenvalue weighted by Gasteiger charge is 2.46. The molecule has 0 aromatic heterocycles. The second-order valence-corrected chi connectivity index (χ2v) is 27.5. The Kier molecular flexibility index (Phi) is 19.4. The molecule has 0 spiro atoms. The zero-order chi connectivity index (χ0) is 56.8. The van der Waals surface area contributed by atoms with E-state index in [1.165, 1.54) is 88.5 Å². The molecule has 12 nitrogen and oxygen atoms in total. The maximum absolute atomic E-state index is 13.2. The highest BCUT2D eigenvalue weighted by atomic mass is 32.2. The first kappa shape index (κ1) is 60.8. The van der Waals surface area contributed by atoms with Crippen LogP contribution in [0, 0.1) is 0 Å². The van der Waals surface area contributed by atoms with Gasteiger partial charge in [0.2, 0.25) is 11.8 Å². The van der Waals surface area contributed by atoms with Crippen LogP contribution >= 0.6 is 0 Å². The number of halogens is 6. The second kappa shape index (κ2) is 24.9. The Morgan fingerprint density at radius 3 is 1.24 bits per heavy atom. The Morgan fingerprint density at radius 1 is 0.538 bits per heavy atom. The topological polar surface area (TPSA) is 173 Å². The fraction of sp³-hybridized carbons (Fsp3) is 0.552. The monoisotopic (exact) mass is 1130 g/mol. The van der Waals surface area contributed by atoms with Gasteiger partial charge in [-0.05, 0) is 188 Å². The number of rotatable bonds is 16. The minimum absolute atomic E-state index is 0.249. The number of sulfone groups is 2. The molecule has 2 saturated heterocycles. The van der Waals surface area contributed by atoms with E-state index in [2.05, 4.69) is 56.8 Å². The first-order valence-electron chi connectivity index (χ1n) is 27.0. The molecule has 0 saturated carbocycles. The molecule has 8 rings (SSSR count). The molecule has 2 aliphatic heterocycles. The van der Waals surface area contributed by atoms with E-state index >= 15 is 0 Å². The number of aliphatic hydroxyl groups excluding tert-OH is 2. The van der Waals surface area contributed by atoms with Crippen LogP contribution in [-0.4, -0.2) is 96.5 Å². The van der Waals surface area contributed by atoms with Crippen LogP contribution in [0.1, 0.15) is 161 Å². The maximum Gasteiger partial charge on any atom is 0.416 e. The van der Waals surface area contributed by atoms with Gasteiger partial charge in [0.05, 0.1) is 67.5 Å². The molecule has 2 amide bonds. The van der Waals surface area contributed by atoms with Crippen LogP contribution in [0.25, 0.3) is 0 Å². The Balaban J connectivity index is 0.000000226. The number of hydrogen-bond acceptors (Lipinski definition) is 10. The Morgan fingerprint density at radius 2 is 0.897 bits per heavy atom. The van der Waals surface area contributed by atoms with Gasteiger partial charge in [-0.25, -0.2) is 16.8 Å². The van der Waals surface area contributed by atoms with Crippen LogP contribution in [-0.2, 0) is 67.5 Å². The smallest absolute Gasteiger partial charge is 0.391 e. The molecule has 0 radical (unpaired) electrons. The number of aryl methyl sites for hydroxylation is 2. The van der Waals surface area contributed by atoms with Gasteiger partial charge in [-0.15, -0.1) is 0 Å². The fourth-order valence-corrected chi connectivity index (χ4v) is 14.2. The van der Waals surface area contributed by atoms with Gasteiger partial charge in [0, 0.05) is 13.1 Å². The molecule has 4 N–H and O–H groups in total. The van der Waals surface area contributed by atoms with Crippen LogP contribution in [0.2, 0.25) is 0 Å². The highest BCUT2D eigenvalue weighted by Crippen LogP contribution is 2.38. The van der Waals surface area contributed by atoms with Gasteiger partial charge >= 0.3 is 12.4 Å². The summed E-state index contributed by atoms with van der Waals surface area (Å²) in [5.41, 5.74) is 4.75. The number of amides is 2. The average Bonchev–Trinajstić information content (AvgIpc) is 3.56.